The molecule has 4 heteroatoms. The number of benzene rings is 1. The summed E-state index contributed by atoms with van der Waals surface area (Å²) in [6, 6.07) is 6.71. The first kappa shape index (κ1) is 11.6. The first-order chi connectivity index (χ1) is 5.74. The van der Waals surface area contributed by atoms with Gasteiger partial charge in [-0.1, -0.05) is 25.5 Å². The number of nitro benzene ring substituents is 1. The molecule has 0 heterocycles. The Balaban J connectivity index is 0.00000144. The quantitative estimate of drug-likeness (QED) is 0.576. The lowest BCUT2D eigenvalue weighted by Crippen LogP contribution is -1.88. The zero-order valence-corrected chi connectivity index (χ0v) is 7.69. The third kappa shape index (κ3) is 3.21. The minimum Gasteiger partial charge on any atom is -0.344 e. The lowest BCUT2D eigenvalue weighted by Gasteiger charge is -1.96. The largest absolute Gasteiger partial charge is 0.344 e. The van der Waals surface area contributed by atoms with Crippen LogP contribution in [0.25, 0.3) is 0 Å². The predicted octanol–water partition coefficient (Wildman–Crippen LogP) is 2.71. The highest BCUT2D eigenvalue weighted by molar-refractivity contribution is 5.32. The maximum absolute atomic E-state index is 10.3. The van der Waals surface area contributed by atoms with Crippen molar-refractivity contribution in [2.24, 2.45) is 0 Å². The Bertz CT molecular complexity index is 269. The van der Waals surface area contributed by atoms with Crippen molar-refractivity contribution in [1.82, 2.24) is 6.15 Å². The third-order valence-corrected chi connectivity index (χ3v) is 1.69. The molecular weight excluding hydrogens is 168 g/mol. The molecule has 0 unspecified atom stereocenters. The van der Waals surface area contributed by atoms with Crippen LogP contribution in [-0.4, -0.2) is 4.92 Å². The molecule has 1 aromatic rings. The number of nitrogens with zero attached hydrogens (tertiary/aromatic N) is 1. The molecule has 0 saturated carbocycles. The number of hydrogen-bond donors (Lipinski definition) is 1. The molecule has 72 valence electrons. The van der Waals surface area contributed by atoms with E-state index in [4.69, 9.17) is 0 Å². The second-order valence-corrected chi connectivity index (χ2v) is 2.67. The van der Waals surface area contributed by atoms with E-state index < -0.39 is 0 Å². The van der Waals surface area contributed by atoms with Crippen LogP contribution in [0.3, 0.4) is 0 Å². The fourth-order valence-electron chi connectivity index (χ4n) is 1.07. The van der Waals surface area contributed by atoms with Crippen molar-refractivity contribution < 1.29 is 4.92 Å². The highest BCUT2D eigenvalue weighted by Gasteiger charge is 2.02. The number of nitro groups is 1. The van der Waals surface area contributed by atoms with E-state index in [2.05, 4.69) is 6.92 Å². The Labute approximate surface area is 77.3 Å². The summed E-state index contributed by atoms with van der Waals surface area (Å²) in [6.45, 7) is 2.08. The van der Waals surface area contributed by atoms with Gasteiger partial charge < -0.3 is 6.15 Å². The van der Waals surface area contributed by atoms with Crippen LogP contribution in [0, 0.1) is 10.1 Å². The molecule has 0 aliphatic heterocycles. The van der Waals surface area contributed by atoms with Gasteiger partial charge in [0.25, 0.3) is 5.69 Å². The summed E-state index contributed by atoms with van der Waals surface area (Å²) in [5.41, 5.74) is 1.32. The topological polar surface area (TPSA) is 78.1 Å². The molecule has 0 amide bonds. The normalized spacial score (nSPS) is 9.00. The van der Waals surface area contributed by atoms with Crippen LogP contribution >= 0.6 is 0 Å². The second kappa shape index (κ2) is 5.27. The molecular formula is C9H14N2O2. The Kier molecular flexibility index (Phi) is 4.69. The van der Waals surface area contributed by atoms with E-state index in [-0.39, 0.29) is 16.8 Å². The zero-order chi connectivity index (χ0) is 8.97. The minimum atomic E-state index is -0.379. The molecule has 1 aromatic carbocycles. The average molecular weight is 182 g/mol. The van der Waals surface area contributed by atoms with Gasteiger partial charge in [-0.05, 0) is 12.0 Å². The van der Waals surface area contributed by atoms with E-state index in [1.807, 2.05) is 12.1 Å². The van der Waals surface area contributed by atoms with Crippen LogP contribution in [0.4, 0.5) is 5.69 Å². The molecule has 4 nitrogen and oxygen atoms in total. The maximum Gasteiger partial charge on any atom is 0.269 e. The SMILES string of the molecule is CCCc1ccc([N+](=O)[O-])cc1.N. The van der Waals surface area contributed by atoms with E-state index in [1.54, 1.807) is 12.1 Å². The lowest BCUT2D eigenvalue weighted by atomic mass is 10.1. The molecule has 0 spiro atoms. The van der Waals surface area contributed by atoms with Gasteiger partial charge in [0.05, 0.1) is 4.92 Å². The fraction of sp³-hybridized carbons (Fsp3) is 0.333. The highest BCUT2D eigenvalue weighted by atomic mass is 16.6. The van der Waals surface area contributed by atoms with E-state index >= 15 is 0 Å². The first-order valence-corrected chi connectivity index (χ1v) is 3.97. The van der Waals surface area contributed by atoms with Crippen LogP contribution in [-0.2, 0) is 6.42 Å². The van der Waals surface area contributed by atoms with Gasteiger partial charge >= 0.3 is 0 Å². The molecule has 0 bridgehead atoms. The molecule has 0 radical (unpaired) electrons. The number of hydrogen-bond acceptors (Lipinski definition) is 3. The number of aryl methyl sites for hydroxylation is 1. The third-order valence-electron chi connectivity index (χ3n) is 1.69. The van der Waals surface area contributed by atoms with Gasteiger partial charge in [0.15, 0.2) is 0 Å². The smallest absolute Gasteiger partial charge is 0.269 e. The molecule has 1 rings (SSSR count). The summed E-state index contributed by atoms with van der Waals surface area (Å²) >= 11 is 0. The highest BCUT2D eigenvalue weighted by Crippen LogP contribution is 2.12. The second-order valence-electron chi connectivity index (χ2n) is 2.67. The minimum absolute atomic E-state index is 0. The van der Waals surface area contributed by atoms with Gasteiger partial charge in [-0.15, -0.1) is 0 Å². The van der Waals surface area contributed by atoms with E-state index in [9.17, 15) is 10.1 Å². The standard InChI is InChI=1S/C9H11NO2.H3N/c1-2-3-8-4-6-9(7-5-8)10(11)12;/h4-7H,2-3H2,1H3;1H3. The van der Waals surface area contributed by atoms with Crippen molar-refractivity contribution >= 4 is 5.69 Å². The summed E-state index contributed by atoms with van der Waals surface area (Å²) in [7, 11) is 0. The monoisotopic (exact) mass is 182 g/mol. The number of rotatable bonds is 3. The van der Waals surface area contributed by atoms with Crippen LogP contribution in [0.1, 0.15) is 18.9 Å². The zero-order valence-electron chi connectivity index (χ0n) is 7.69. The summed E-state index contributed by atoms with van der Waals surface area (Å²) < 4.78 is 0. The predicted molar refractivity (Wildman–Crippen MR) is 52.1 cm³/mol. The van der Waals surface area contributed by atoms with Crippen LogP contribution < -0.4 is 6.15 Å². The van der Waals surface area contributed by atoms with Crippen molar-refractivity contribution in [1.29, 1.82) is 0 Å². The summed E-state index contributed by atoms with van der Waals surface area (Å²) in [4.78, 5) is 9.90. The van der Waals surface area contributed by atoms with E-state index in [1.165, 1.54) is 0 Å². The molecule has 0 aliphatic rings. The van der Waals surface area contributed by atoms with Crippen molar-refractivity contribution in [3.63, 3.8) is 0 Å². The van der Waals surface area contributed by atoms with Crippen molar-refractivity contribution in [2.45, 2.75) is 19.8 Å². The van der Waals surface area contributed by atoms with Crippen molar-refractivity contribution in [3.8, 4) is 0 Å². The molecule has 0 aromatic heterocycles. The Morgan fingerprint density at radius 3 is 2.23 bits per heavy atom. The van der Waals surface area contributed by atoms with Gasteiger partial charge in [-0.25, -0.2) is 0 Å². The molecule has 0 saturated heterocycles. The maximum atomic E-state index is 10.3. The van der Waals surface area contributed by atoms with Crippen molar-refractivity contribution in [3.05, 3.63) is 39.9 Å². The van der Waals surface area contributed by atoms with Gasteiger partial charge in [-0.2, -0.15) is 0 Å². The molecule has 13 heavy (non-hydrogen) atoms. The fourth-order valence-corrected chi connectivity index (χ4v) is 1.07. The Morgan fingerprint density at radius 1 is 1.31 bits per heavy atom. The summed E-state index contributed by atoms with van der Waals surface area (Å²) in [5.74, 6) is 0. The van der Waals surface area contributed by atoms with Crippen molar-refractivity contribution in [2.75, 3.05) is 0 Å². The molecule has 0 aliphatic carbocycles. The first-order valence-electron chi connectivity index (χ1n) is 3.97. The van der Waals surface area contributed by atoms with Gasteiger partial charge in [-0.3, -0.25) is 10.1 Å². The van der Waals surface area contributed by atoms with Crippen LogP contribution in [0.15, 0.2) is 24.3 Å². The van der Waals surface area contributed by atoms with Crippen LogP contribution in [0.5, 0.6) is 0 Å². The van der Waals surface area contributed by atoms with E-state index in [0.717, 1.165) is 18.4 Å². The number of non-ortho nitro benzene ring substituents is 1. The summed E-state index contributed by atoms with van der Waals surface area (Å²) in [6.07, 6.45) is 2.05. The summed E-state index contributed by atoms with van der Waals surface area (Å²) in [5, 5.41) is 10.3. The molecule has 0 atom stereocenters. The Morgan fingerprint density at radius 2 is 1.85 bits per heavy atom. The van der Waals surface area contributed by atoms with E-state index in [0.29, 0.717) is 0 Å². The average Bonchev–Trinajstić information content (AvgIpc) is 2.06. The molecule has 0 fully saturated rings. The lowest BCUT2D eigenvalue weighted by molar-refractivity contribution is -0.384. The van der Waals surface area contributed by atoms with Gasteiger partial charge in [0.2, 0.25) is 0 Å². The van der Waals surface area contributed by atoms with Gasteiger partial charge in [0, 0.05) is 12.1 Å². The Hall–Kier alpha value is -1.42. The van der Waals surface area contributed by atoms with Gasteiger partial charge in [0.1, 0.15) is 0 Å². The van der Waals surface area contributed by atoms with Crippen LogP contribution in [0.2, 0.25) is 0 Å². The molecule has 3 N–H and O–H groups in total.